The summed E-state index contributed by atoms with van der Waals surface area (Å²) in [6.07, 6.45) is 3.08. The lowest BCUT2D eigenvalue weighted by molar-refractivity contribution is -0.148. The first-order chi connectivity index (χ1) is 13.6. The predicted molar refractivity (Wildman–Crippen MR) is 104 cm³/mol. The fourth-order valence-electron chi connectivity index (χ4n) is 3.35. The van der Waals surface area contributed by atoms with Crippen LogP contribution in [0.5, 0.6) is 0 Å². The van der Waals surface area contributed by atoms with E-state index in [2.05, 4.69) is 16.7 Å². The van der Waals surface area contributed by atoms with E-state index in [-0.39, 0.29) is 37.4 Å². The quantitative estimate of drug-likeness (QED) is 0.721. The summed E-state index contributed by atoms with van der Waals surface area (Å²) in [4.78, 5) is 35.7. The standard InChI is InChI=1S/C22H24N2O4/c25-20(13-16-7-2-1-3-8-16)23-14-22(27)28-15-21(26)24-19-12-6-10-17-9-4-5-11-18(17)19/h1-5,7-9,11,19H,6,10,12-15H2,(H,23,25)(H,24,26)/t19-/m0/s1. The molecule has 6 heteroatoms. The molecule has 3 rings (SSSR count). The SMILES string of the molecule is O=C(Cc1ccccc1)NCC(=O)OCC(=O)N[C@H]1CCCc2ccccc21. The van der Waals surface area contributed by atoms with Gasteiger partial charge in [-0.1, -0.05) is 54.6 Å². The second-order valence-corrected chi connectivity index (χ2v) is 6.81. The van der Waals surface area contributed by atoms with Crippen molar-refractivity contribution in [3.05, 3.63) is 71.3 Å². The Morgan fingerprint density at radius 3 is 2.54 bits per heavy atom. The molecule has 0 aliphatic heterocycles. The Morgan fingerprint density at radius 2 is 1.71 bits per heavy atom. The molecular formula is C22H24N2O4. The Hall–Kier alpha value is -3.15. The molecule has 1 aliphatic carbocycles. The number of rotatable bonds is 7. The van der Waals surface area contributed by atoms with Crippen molar-refractivity contribution in [2.24, 2.45) is 0 Å². The molecule has 6 nitrogen and oxygen atoms in total. The predicted octanol–water partition coefficient (Wildman–Crippen LogP) is 2.08. The monoisotopic (exact) mass is 380 g/mol. The number of aryl methyl sites for hydroxylation is 1. The Kier molecular flexibility index (Phi) is 6.78. The van der Waals surface area contributed by atoms with Crippen LogP contribution in [0.15, 0.2) is 54.6 Å². The van der Waals surface area contributed by atoms with Gasteiger partial charge in [0.25, 0.3) is 5.91 Å². The normalized spacial score (nSPS) is 15.2. The van der Waals surface area contributed by atoms with Crippen molar-refractivity contribution in [3.8, 4) is 0 Å². The minimum atomic E-state index is -0.638. The minimum Gasteiger partial charge on any atom is -0.454 e. The largest absolute Gasteiger partial charge is 0.454 e. The van der Waals surface area contributed by atoms with Crippen molar-refractivity contribution < 1.29 is 19.1 Å². The zero-order valence-corrected chi connectivity index (χ0v) is 15.6. The first-order valence-corrected chi connectivity index (χ1v) is 9.45. The van der Waals surface area contributed by atoms with E-state index in [0.717, 1.165) is 30.4 Å². The number of carbonyl (C=O) groups excluding carboxylic acids is 3. The van der Waals surface area contributed by atoms with Gasteiger partial charge in [-0.25, -0.2) is 0 Å². The van der Waals surface area contributed by atoms with Gasteiger partial charge in [0.2, 0.25) is 5.91 Å². The second kappa shape index (κ2) is 9.69. The van der Waals surface area contributed by atoms with Gasteiger partial charge in [-0.2, -0.15) is 0 Å². The molecule has 2 N–H and O–H groups in total. The minimum absolute atomic E-state index is 0.0540. The zero-order valence-electron chi connectivity index (χ0n) is 15.6. The highest BCUT2D eigenvalue weighted by Gasteiger charge is 2.21. The van der Waals surface area contributed by atoms with Gasteiger partial charge in [0.15, 0.2) is 6.61 Å². The van der Waals surface area contributed by atoms with Gasteiger partial charge in [-0.15, -0.1) is 0 Å². The smallest absolute Gasteiger partial charge is 0.325 e. The molecule has 0 saturated carbocycles. The van der Waals surface area contributed by atoms with E-state index in [0.29, 0.717) is 0 Å². The van der Waals surface area contributed by atoms with Crippen molar-refractivity contribution in [3.63, 3.8) is 0 Å². The summed E-state index contributed by atoms with van der Waals surface area (Å²) >= 11 is 0. The third kappa shape index (κ3) is 5.67. The van der Waals surface area contributed by atoms with Crippen LogP contribution in [-0.4, -0.2) is 30.9 Å². The molecule has 0 spiro atoms. The first-order valence-electron chi connectivity index (χ1n) is 9.45. The van der Waals surface area contributed by atoms with Crippen LogP contribution in [-0.2, 0) is 32.0 Å². The molecule has 146 valence electrons. The lowest BCUT2D eigenvalue weighted by Crippen LogP contribution is -2.36. The van der Waals surface area contributed by atoms with Gasteiger partial charge in [-0.3, -0.25) is 14.4 Å². The van der Waals surface area contributed by atoms with Crippen molar-refractivity contribution in [1.82, 2.24) is 10.6 Å². The topological polar surface area (TPSA) is 84.5 Å². The molecular weight excluding hydrogens is 356 g/mol. The maximum absolute atomic E-state index is 12.1. The van der Waals surface area contributed by atoms with E-state index < -0.39 is 5.97 Å². The first kappa shape index (κ1) is 19.6. The molecule has 1 atom stereocenters. The van der Waals surface area contributed by atoms with Crippen LogP contribution in [0.3, 0.4) is 0 Å². The Bertz CT molecular complexity index is 835. The van der Waals surface area contributed by atoms with Crippen molar-refractivity contribution in [1.29, 1.82) is 0 Å². The van der Waals surface area contributed by atoms with Crippen LogP contribution in [0.4, 0.5) is 0 Å². The Morgan fingerprint density at radius 1 is 0.964 bits per heavy atom. The molecule has 0 saturated heterocycles. The average Bonchev–Trinajstić information content (AvgIpc) is 2.72. The van der Waals surface area contributed by atoms with Crippen LogP contribution in [0, 0.1) is 0 Å². The lowest BCUT2D eigenvalue weighted by atomic mass is 9.88. The zero-order chi connectivity index (χ0) is 19.8. The van der Waals surface area contributed by atoms with Crippen LogP contribution in [0.25, 0.3) is 0 Å². The van der Waals surface area contributed by atoms with Crippen molar-refractivity contribution >= 4 is 17.8 Å². The Labute approximate surface area is 164 Å². The number of carbonyl (C=O) groups is 3. The number of ether oxygens (including phenoxy) is 1. The molecule has 0 fully saturated rings. The van der Waals surface area contributed by atoms with E-state index >= 15 is 0 Å². The van der Waals surface area contributed by atoms with Crippen LogP contribution >= 0.6 is 0 Å². The Balaban J connectivity index is 1.38. The fraction of sp³-hybridized carbons (Fsp3) is 0.318. The van der Waals surface area contributed by atoms with Crippen molar-refractivity contribution in [2.75, 3.05) is 13.2 Å². The van der Waals surface area contributed by atoms with E-state index in [4.69, 9.17) is 4.74 Å². The summed E-state index contributed by atoms with van der Waals surface area (Å²) in [7, 11) is 0. The highest BCUT2D eigenvalue weighted by molar-refractivity contribution is 5.85. The molecule has 0 heterocycles. The maximum atomic E-state index is 12.1. The van der Waals surface area contributed by atoms with Gasteiger partial charge >= 0.3 is 5.97 Å². The molecule has 0 unspecified atom stereocenters. The third-order valence-electron chi connectivity index (χ3n) is 4.71. The van der Waals surface area contributed by atoms with Crippen LogP contribution in [0.1, 0.15) is 35.6 Å². The number of hydrogen-bond donors (Lipinski definition) is 2. The number of nitrogens with one attached hydrogen (secondary N) is 2. The number of fused-ring (bicyclic) bond motifs is 1. The summed E-state index contributed by atoms with van der Waals surface area (Å²) in [6, 6.07) is 17.2. The maximum Gasteiger partial charge on any atom is 0.325 e. The molecule has 0 aromatic heterocycles. The summed E-state index contributed by atoms with van der Waals surface area (Å²) in [5.74, 6) is -1.25. The van der Waals surface area contributed by atoms with Crippen molar-refractivity contribution in [2.45, 2.75) is 31.7 Å². The third-order valence-corrected chi connectivity index (χ3v) is 4.71. The molecule has 2 amide bonds. The summed E-state index contributed by atoms with van der Waals surface area (Å²) in [5, 5.41) is 5.43. The molecule has 0 bridgehead atoms. The van der Waals surface area contributed by atoms with Gasteiger partial charge in [0.05, 0.1) is 12.5 Å². The number of esters is 1. The highest BCUT2D eigenvalue weighted by Crippen LogP contribution is 2.29. The number of hydrogen-bond acceptors (Lipinski definition) is 4. The van der Waals surface area contributed by atoms with Gasteiger partial charge < -0.3 is 15.4 Å². The summed E-state index contributed by atoms with van der Waals surface area (Å²) in [6.45, 7) is -0.614. The molecule has 2 aromatic rings. The number of benzene rings is 2. The van der Waals surface area contributed by atoms with Crippen LogP contribution < -0.4 is 10.6 Å². The van der Waals surface area contributed by atoms with Gasteiger partial charge in [0.1, 0.15) is 6.54 Å². The summed E-state index contributed by atoms with van der Waals surface area (Å²) < 4.78 is 4.97. The van der Waals surface area contributed by atoms with Gasteiger partial charge in [0, 0.05) is 0 Å². The van der Waals surface area contributed by atoms with E-state index in [9.17, 15) is 14.4 Å². The van der Waals surface area contributed by atoms with Gasteiger partial charge in [-0.05, 0) is 36.0 Å². The second-order valence-electron chi connectivity index (χ2n) is 6.81. The van der Waals surface area contributed by atoms with E-state index in [1.807, 2.05) is 48.5 Å². The molecule has 0 radical (unpaired) electrons. The fourth-order valence-corrected chi connectivity index (χ4v) is 3.35. The lowest BCUT2D eigenvalue weighted by Gasteiger charge is -2.26. The van der Waals surface area contributed by atoms with Crippen LogP contribution in [0.2, 0.25) is 0 Å². The van der Waals surface area contributed by atoms with E-state index in [1.54, 1.807) is 0 Å². The summed E-state index contributed by atoms with van der Waals surface area (Å²) in [5.41, 5.74) is 3.24. The molecule has 28 heavy (non-hydrogen) atoms. The molecule has 1 aliphatic rings. The van der Waals surface area contributed by atoms with E-state index in [1.165, 1.54) is 5.56 Å². The highest BCUT2D eigenvalue weighted by atomic mass is 16.5. The molecule has 2 aromatic carbocycles. The number of amides is 2. The average molecular weight is 380 g/mol.